The van der Waals surface area contributed by atoms with Gasteiger partial charge in [0.15, 0.2) is 0 Å². The number of fused-ring (bicyclic) bond motifs is 1. The summed E-state index contributed by atoms with van der Waals surface area (Å²) in [6.07, 6.45) is 1.66. The Balaban J connectivity index is 2.61. The Labute approximate surface area is 99.4 Å². The lowest BCUT2D eigenvalue weighted by Crippen LogP contribution is -2.02. The Morgan fingerprint density at radius 3 is 2.75 bits per heavy atom. The minimum absolute atomic E-state index is 0.153. The number of furan rings is 1. The smallest absolute Gasteiger partial charge is 0.134 e. The van der Waals surface area contributed by atoms with Gasteiger partial charge in [0, 0.05) is 16.0 Å². The van der Waals surface area contributed by atoms with Gasteiger partial charge in [-0.2, -0.15) is 5.26 Å². The van der Waals surface area contributed by atoms with Crippen molar-refractivity contribution in [2.24, 2.45) is 5.92 Å². The molecule has 0 aliphatic carbocycles. The van der Waals surface area contributed by atoms with Crippen LogP contribution < -0.4 is 0 Å². The molecule has 1 unspecified atom stereocenters. The van der Waals surface area contributed by atoms with E-state index in [1.54, 1.807) is 12.3 Å². The summed E-state index contributed by atoms with van der Waals surface area (Å²) in [5.74, 6) is 0.101. The van der Waals surface area contributed by atoms with Crippen LogP contribution in [0.3, 0.4) is 0 Å². The van der Waals surface area contributed by atoms with Crippen molar-refractivity contribution in [3.8, 4) is 6.07 Å². The predicted octanol–water partition coefficient (Wildman–Crippen LogP) is 4.35. The first-order valence-electron chi connectivity index (χ1n) is 5.19. The van der Waals surface area contributed by atoms with E-state index in [1.807, 2.05) is 26.0 Å². The topological polar surface area (TPSA) is 36.9 Å². The summed E-state index contributed by atoms with van der Waals surface area (Å²) >= 11 is 5.95. The van der Waals surface area contributed by atoms with Gasteiger partial charge in [0.25, 0.3) is 0 Å². The molecule has 0 fully saturated rings. The van der Waals surface area contributed by atoms with Gasteiger partial charge >= 0.3 is 0 Å². The van der Waals surface area contributed by atoms with E-state index in [1.165, 1.54) is 0 Å². The molecule has 2 rings (SSSR count). The van der Waals surface area contributed by atoms with Crippen molar-refractivity contribution in [3.63, 3.8) is 0 Å². The molecular weight excluding hydrogens is 222 g/mol. The molecule has 1 atom stereocenters. The van der Waals surface area contributed by atoms with Crippen LogP contribution in [0.5, 0.6) is 0 Å². The molecule has 0 N–H and O–H groups in total. The van der Waals surface area contributed by atoms with Gasteiger partial charge in [-0.3, -0.25) is 0 Å². The van der Waals surface area contributed by atoms with Crippen LogP contribution in [0.25, 0.3) is 11.0 Å². The van der Waals surface area contributed by atoms with Gasteiger partial charge in [-0.25, -0.2) is 0 Å². The van der Waals surface area contributed by atoms with Crippen molar-refractivity contribution >= 4 is 22.6 Å². The molecule has 2 nitrogen and oxygen atoms in total. The third-order valence-electron chi connectivity index (χ3n) is 2.71. The maximum absolute atomic E-state index is 9.17. The molecule has 2 aromatic rings. The van der Waals surface area contributed by atoms with E-state index < -0.39 is 0 Å². The first-order chi connectivity index (χ1) is 7.63. The molecular formula is C13H12ClNO. The Morgan fingerprint density at radius 2 is 2.12 bits per heavy atom. The van der Waals surface area contributed by atoms with Crippen molar-refractivity contribution in [2.45, 2.75) is 19.8 Å². The molecule has 0 amide bonds. The summed E-state index contributed by atoms with van der Waals surface area (Å²) in [5, 5.41) is 10.8. The van der Waals surface area contributed by atoms with Crippen molar-refractivity contribution < 1.29 is 4.42 Å². The zero-order valence-electron chi connectivity index (χ0n) is 9.20. The molecule has 3 heteroatoms. The maximum atomic E-state index is 9.17. The average Bonchev–Trinajstić information content (AvgIpc) is 2.62. The fourth-order valence-corrected chi connectivity index (χ4v) is 2.01. The summed E-state index contributed by atoms with van der Waals surface area (Å²) < 4.78 is 5.43. The Bertz CT molecular complexity index is 551. The molecule has 16 heavy (non-hydrogen) atoms. The lowest BCUT2D eigenvalue weighted by Gasteiger charge is -2.10. The number of nitrogens with zero attached hydrogens (tertiary/aromatic N) is 1. The largest absolute Gasteiger partial charge is 0.464 e. The predicted molar refractivity (Wildman–Crippen MR) is 64.4 cm³/mol. The molecule has 1 heterocycles. The standard InChI is InChI=1S/C13H12ClNO/c1-8(2)11(6-15)12-7-16-13-4-3-9(14)5-10(12)13/h3-5,7-8,11H,1-2H3. The second-order valence-corrected chi connectivity index (χ2v) is 4.62. The van der Waals surface area contributed by atoms with E-state index in [0.717, 1.165) is 16.5 Å². The van der Waals surface area contributed by atoms with Gasteiger partial charge in [0.1, 0.15) is 5.58 Å². The number of benzene rings is 1. The lowest BCUT2D eigenvalue weighted by atomic mass is 9.90. The van der Waals surface area contributed by atoms with Gasteiger partial charge in [-0.15, -0.1) is 0 Å². The first-order valence-corrected chi connectivity index (χ1v) is 5.57. The minimum Gasteiger partial charge on any atom is -0.464 e. The van der Waals surface area contributed by atoms with E-state index in [2.05, 4.69) is 6.07 Å². The average molecular weight is 234 g/mol. The first kappa shape index (κ1) is 11.0. The molecule has 0 aliphatic heterocycles. The summed E-state index contributed by atoms with van der Waals surface area (Å²) in [6, 6.07) is 7.78. The van der Waals surface area contributed by atoms with Crippen LogP contribution in [0.15, 0.2) is 28.9 Å². The normalized spacial score (nSPS) is 12.9. The van der Waals surface area contributed by atoms with Crippen LogP contribution in [0.1, 0.15) is 25.3 Å². The van der Waals surface area contributed by atoms with E-state index in [-0.39, 0.29) is 11.8 Å². The second kappa shape index (κ2) is 4.19. The van der Waals surface area contributed by atoms with E-state index in [9.17, 15) is 5.26 Å². The summed E-state index contributed by atoms with van der Waals surface area (Å²) in [5.41, 5.74) is 1.70. The molecule has 0 radical (unpaired) electrons. The third kappa shape index (κ3) is 1.79. The van der Waals surface area contributed by atoms with Gasteiger partial charge in [0.2, 0.25) is 0 Å². The Hall–Kier alpha value is -1.46. The highest BCUT2D eigenvalue weighted by molar-refractivity contribution is 6.31. The van der Waals surface area contributed by atoms with Crippen LogP contribution in [0, 0.1) is 17.2 Å². The highest BCUT2D eigenvalue weighted by Crippen LogP contribution is 2.33. The maximum Gasteiger partial charge on any atom is 0.134 e. The molecule has 0 bridgehead atoms. The third-order valence-corrected chi connectivity index (χ3v) is 2.94. The van der Waals surface area contributed by atoms with Gasteiger partial charge < -0.3 is 4.42 Å². The molecule has 0 aliphatic rings. The number of hydrogen-bond donors (Lipinski definition) is 0. The molecule has 0 saturated carbocycles. The summed E-state index contributed by atoms with van der Waals surface area (Å²) in [6.45, 7) is 4.05. The van der Waals surface area contributed by atoms with E-state index >= 15 is 0 Å². The van der Waals surface area contributed by atoms with Crippen molar-refractivity contribution in [3.05, 3.63) is 35.0 Å². The zero-order valence-corrected chi connectivity index (χ0v) is 9.95. The van der Waals surface area contributed by atoms with Gasteiger partial charge in [0.05, 0.1) is 18.3 Å². The van der Waals surface area contributed by atoms with Crippen LogP contribution >= 0.6 is 11.6 Å². The number of halogens is 1. The van der Waals surface area contributed by atoms with Gasteiger partial charge in [-0.1, -0.05) is 25.4 Å². The molecule has 0 saturated heterocycles. The van der Waals surface area contributed by atoms with Crippen molar-refractivity contribution in [2.75, 3.05) is 0 Å². The fourth-order valence-electron chi connectivity index (χ4n) is 1.84. The fraction of sp³-hybridized carbons (Fsp3) is 0.308. The van der Waals surface area contributed by atoms with Crippen LogP contribution in [-0.4, -0.2) is 0 Å². The SMILES string of the molecule is CC(C)C(C#N)c1coc2ccc(Cl)cc12. The second-order valence-electron chi connectivity index (χ2n) is 4.18. The van der Waals surface area contributed by atoms with E-state index in [0.29, 0.717) is 5.02 Å². The van der Waals surface area contributed by atoms with E-state index in [4.69, 9.17) is 16.0 Å². The summed E-state index contributed by atoms with van der Waals surface area (Å²) in [7, 11) is 0. The lowest BCUT2D eigenvalue weighted by molar-refractivity contribution is 0.565. The number of rotatable bonds is 2. The molecule has 0 spiro atoms. The Morgan fingerprint density at radius 1 is 1.38 bits per heavy atom. The van der Waals surface area contributed by atoms with Crippen LogP contribution in [-0.2, 0) is 0 Å². The monoisotopic (exact) mass is 233 g/mol. The highest BCUT2D eigenvalue weighted by Gasteiger charge is 2.20. The number of nitriles is 1. The molecule has 82 valence electrons. The van der Waals surface area contributed by atoms with Crippen molar-refractivity contribution in [1.82, 2.24) is 0 Å². The number of hydrogen-bond acceptors (Lipinski definition) is 2. The minimum atomic E-state index is -0.153. The van der Waals surface area contributed by atoms with Gasteiger partial charge in [-0.05, 0) is 24.1 Å². The quantitative estimate of drug-likeness (QED) is 0.773. The zero-order chi connectivity index (χ0) is 11.7. The Kier molecular flexibility index (Phi) is 2.89. The highest BCUT2D eigenvalue weighted by atomic mass is 35.5. The molecule has 1 aromatic heterocycles. The van der Waals surface area contributed by atoms with Crippen LogP contribution in [0.2, 0.25) is 5.02 Å². The van der Waals surface area contributed by atoms with Crippen LogP contribution in [0.4, 0.5) is 0 Å². The van der Waals surface area contributed by atoms with Crippen molar-refractivity contribution in [1.29, 1.82) is 5.26 Å². The molecule has 1 aromatic carbocycles. The summed E-state index contributed by atoms with van der Waals surface area (Å²) in [4.78, 5) is 0.